The first-order valence-corrected chi connectivity index (χ1v) is 7.26. The SMILES string of the molecule is Nc1cc(C(O)C(O)CNC(=O)OCc2ccccc2)c[nH]c1=O. The van der Waals surface area contributed by atoms with Gasteiger partial charge in [-0.15, -0.1) is 0 Å². The second kappa shape index (κ2) is 8.14. The lowest BCUT2D eigenvalue weighted by atomic mass is 10.1. The number of pyridine rings is 1. The summed E-state index contributed by atoms with van der Waals surface area (Å²) in [5, 5.41) is 22.3. The number of carbonyl (C=O) groups is 1. The van der Waals surface area contributed by atoms with Crippen LogP contribution in [0.25, 0.3) is 0 Å². The fraction of sp³-hybridized carbons (Fsp3) is 0.250. The highest BCUT2D eigenvalue weighted by Crippen LogP contribution is 2.16. The number of aromatic nitrogens is 1. The van der Waals surface area contributed by atoms with E-state index in [2.05, 4.69) is 10.3 Å². The number of nitrogens with one attached hydrogen (secondary N) is 2. The van der Waals surface area contributed by atoms with Gasteiger partial charge in [-0.3, -0.25) is 4.79 Å². The Bertz CT molecular complexity index is 732. The summed E-state index contributed by atoms with van der Waals surface area (Å²) in [5.74, 6) is 0. The number of amides is 1. The van der Waals surface area contributed by atoms with E-state index in [1.807, 2.05) is 30.3 Å². The van der Waals surface area contributed by atoms with Gasteiger partial charge in [0.25, 0.3) is 5.56 Å². The molecule has 0 aliphatic heterocycles. The van der Waals surface area contributed by atoms with Gasteiger partial charge >= 0.3 is 6.09 Å². The maximum absolute atomic E-state index is 11.6. The maximum Gasteiger partial charge on any atom is 0.407 e. The number of nitrogen functional groups attached to an aromatic ring is 1. The van der Waals surface area contributed by atoms with Gasteiger partial charge in [0, 0.05) is 18.3 Å². The number of nitrogens with two attached hydrogens (primary N) is 1. The number of aromatic amines is 1. The van der Waals surface area contributed by atoms with Crippen LogP contribution in [-0.2, 0) is 11.3 Å². The summed E-state index contributed by atoms with van der Waals surface area (Å²) in [6.45, 7) is -0.129. The van der Waals surface area contributed by atoms with Crippen molar-refractivity contribution >= 4 is 11.8 Å². The molecule has 6 N–H and O–H groups in total. The topological polar surface area (TPSA) is 138 Å². The summed E-state index contributed by atoms with van der Waals surface area (Å²) < 4.78 is 4.99. The Hall–Kier alpha value is -2.84. The number of alkyl carbamates (subject to hydrolysis) is 1. The molecule has 1 aromatic heterocycles. The summed E-state index contributed by atoms with van der Waals surface area (Å²) in [6, 6.07) is 10.4. The largest absolute Gasteiger partial charge is 0.445 e. The molecular weight excluding hydrogens is 314 g/mol. The highest BCUT2D eigenvalue weighted by Gasteiger charge is 2.20. The molecule has 1 amide bonds. The standard InChI is InChI=1S/C16H19N3O5/c17-12-6-11(7-18-15(12)22)14(21)13(20)8-19-16(23)24-9-10-4-2-1-3-5-10/h1-7,13-14,20-21H,8-9,17H2,(H,18,22)(H,19,23). The summed E-state index contributed by atoms with van der Waals surface area (Å²) in [7, 11) is 0. The number of hydrogen-bond acceptors (Lipinski definition) is 6. The molecule has 2 atom stereocenters. The van der Waals surface area contributed by atoms with Crippen molar-refractivity contribution in [1.29, 1.82) is 0 Å². The van der Waals surface area contributed by atoms with Crippen LogP contribution in [-0.4, -0.2) is 33.9 Å². The highest BCUT2D eigenvalue weighted by atomic mass is 16.5. The average Bonchev–Trinajstić information content (AvgIpc) is 2.60. The Morgan fingerprint density at radius 2 is 2.00 bits per heavy atom. The predicted molar refractivity (Wildman–Crippen MR) is 87.1 cm³/mol. The van der Waals surface area contributed by atoms with E-state index in [0.717, 1.165) is 5.56 Å². The summed E-state index contributed by atoms with van der Waals surface area (Å²) in [5.41, 5.74) is 5.96. The van der Waals surface area contributed by atoms with E-state index in [9.17, 15) is 19.8 Å². The molecular formula is C16H19N3O5. The van der Waals surface area contributed by atoms with Crippen LogP contribution in [0.4, 0.5) is 10.5 Å². The zero-order valence-electron chi connectivity index (χ0n) is 12.8. The third-order valence-electron chi connectivity index (χ3n) is 3.33. The molecule has 0 saturated carbocycles. The number of aliphatic hydroxyl groups is 2. The first kappa shape index (κ1) is 17.5. The van der Waals surface area contributed by atoms with Crippen molar-refractivity contribution < 1.29 is 19.7 Å². The zero-order chi connectivity index (χ0) is 17.5. The second-order valence-electron chi connectivity index (χ2n) is 5.17. The normalized spacial score (nSPS) is 13.1. The number of aliphatic hydroxyl groups excluding tert-OH is 2. The molecule has 1 heterocycles. The van der Waals surface area contributed by atoms with E-state index < -0.39 is 23.9 Å². The minimum absolute atomic E-state index is 0.0750. The van der Waals surface area contributed by atoms with Crippen molar-refractivity contribution in [2.24, 2.45) is 0 Å². The number of ether oxygens (including phenoxy) is 1. The van der Waals surface area contributed by atoms with E-state index >= 15 is 0 Å². The maximum atomic E-state index is 11.6. The van der Waals surface area contributed by atoms with Gasteiger partial charge in [-0.2, -0.15) is 0 Å². The number of rotatable bonds is 6. The van der Waals surface area contributed by atoms with Crippen molar-refractivity contribution in [3.8, 4) is 0 Å². The minimum Gasteiger partial charge on any atom is -0.445 e. The fourth-order valence-electron chi connectivity index (χ4n) is 1.99. The van der Waals surface area contributed by atoms with Gasteiger partial charge < -0.3 is 31.0 Å². The van der Waals surface area contributed by atoms with Gasteiger partial charge in [-0.1, -0.05) is 30.3 Å². The van der Waals surface area contributed by atoms with Crippen molar-refractivity contribution in [3.05, 3.63) is 64.1 Å². The molecule has 0 spiro atoms. The number of anilines is 1. The molecule has 2 aromatic rings. The lowest BCUT2D eigenvalue weighted by Gasteiger charge is -2.18. The highest BCUT2D eigenvalue weighted by molar-refractivity contribution is 5.67. The Balaban J connectivity index is 1.81. The first-order chi connectivity index (χ1) is 11.5. The summed E-state index contributed by atoms with van der Waals surface area (Å²) in [4.78, 5) is 25.1. The lowest BCUT2D eigenvalue weighted by Crippen LogP contribution is -2.36. The van der Waals surface area contributed by atoms with Crippen LogP contribution in [0.15, 0.2) is 47.4 Å². The predicted octanol–water partition coefficient (Wildman–Crippen LogP) is 0.278. The molecule has 0 radical (unpaired) electrons. The molecule has 8 heteroatoms. The fourth-order valence-corrected chi connectivity index (χ4v) is 1.99. The van der Waals surface area contributed by atoms with Crippen molar-refractivity contribution in [1.82, 2.24) is 10.3 Å². The number of carbonyl (C=O) groups excluding carboxylic acids is 1. The van der Waals surface area contributed by atoms with Crippen LogP contribution in [0.1, 0.15) is 17.2 Å². The molecule has 0 saturated heterocycles. The lowest BCUT2D eigenvalue weighted by molar-refractivity contribution is 0.0182. The zero-order valence-corrected chi connectivity index (χ0v) is 12.8. The van der Waals surface area contributed by atoms with Gasteiger partial charge in [0.15, 0.2) is 0 Å². The molecule has 24 heavy (non-hydrogen) atoms. The smallest absolute Gasteiger partial charge is 0.407 e. The van der Waals surface area contributed by atoms with E-state index in [1.165, 1.54) is 12.3 Å². The molecule has 128 valence electrons. The monoisotopic (exact) mass is 333 g/mol. The number of hydrogen-bond donors (Lipinski definition) is 5. The average molecular weight is 333 g/mol. The molecule has 0 aliphatic rings. The van der Waals surface area contributed by atoms with Crippen LogP contribution in [0, 0.1) is 0 Å². The van der Waals surface area contributed by atoms with Crippen molar-refractivity contribution in [2.75, 3.05) is 12.3 Å². The van der Waals surface area contributed by atoms with E-state index in [0.29, 0.717) is 0 Å². The number of H-pyrrole nitrogens is 1. The molecule has 2 rings (SSSR count). The second-order valence-corrected chi connectivity index (χ2v) is 5.17. The van der Waals surface area contributed by atoms with Crippen LogP contribution >= 0.6 is 0 Å². The third-order valence-corrected chi connectivity index (χ3v) is 3.33. The van der Waals surface area contributed by atoms with Gasteiger partial charge in [0.05, 0.1) is 5.69 Å². The minimum atomic E-state index is -1.32. The Morgan fingerprint density at radius 1 is 1.29 bits per heavy atom. The van der Waals surface area contributed by atoms with Gasteiger partial charge in [-0.25, -0.2) is 4.79 Å². The Labute approximate surface area is 137 Å². The van der Waals surface area contributed by atoms with Gasteiger partial charge in [-0.05, 0) is 11.6 Å². The molecule has 0 aliphatic carbocycles. The molecule has 1 aromatic carbocycles. The van der Waals surface area contributed by atoms with Gasteiger partial charge in [0.1, 0.15) is 18.8 Å². The van der Waals surface area contributed by atoms with Crippen LogP contribution in [0.3, 0.4) is 0 Å². The quantitative estimate of drug-likeness (QED) is 0.515. The van der Waals surface area contributed by atoms with Crippen LogP contribution in [0.2, 0.25) is 0 Å². The first-order valence-electron chi connectivity index (χ1n) is 7.26. The van der Waals surface area contributed by atoms with Crippen LogP contribution in [0.5, 0.6) is 0 Å². The van der Waals surface area contributed by atoms with Crippen molar-refractivity contribution in [3.63, 3.8) is 0 Å². The summed E-state index contributed by atoms with van der Waals surface area (Å²) in [6.07, 6.45) is -2.08. The molecule has 0 fully saturated rings. The van der Waals surface area contributed by atoms with E-state index in [-0.39, 0.29) is 24.4 Å². The summed E-state index contributed by atoms with van der Waals surface area (Å²) >= 11 is 0. The van der Waals surface area contributed by atoms with E-state index in [4.69, 9.17) is 10.5 Å². The molecule has 8 nitrogen and oxygen atoms in total. The van der Waals surface area contributed by atoms with Crippen molar-refractivity contribution in [2.45, 2.75) is 18.8 Å². The number of benzene rings is 1. The third kappa shape index (κ3) is 4.83. The van der Waals surface area contributed by atoms with Crippen LogP contribution < -0.4 is 16.6 Å². The molecule has 2 unspecified atom stereocenters. The molecule has 0 bridgehead atoms. The Morgan fingerprint density at radius 3 is 2.67 bits per heavy atom. The van der Waals surface area contributed by atoms with E-state index in [1.54, 1.807) is 0 Å². The Kier molecular flexibility index (Phi) is 5.94. The van der Waals surface area contributed by atoms with Gasteiger partial charge in [0.2, 0.25) is 0 Å².